The Labute approximate surface area is 83.0 Å². The topological polar surface area (TPSA) is 29.5 Å². The fraction of sp³-hybridized carbons (Fsp3) is 0.889. The van der Waals surface area contributed by atoms with Gasteiger partial charge in [-0.1, -0.05) is 6.92 Å². The van der Waals surface area contributed by atoms with Gasteiger partial charge in [-0.25, -0.2) is 0 Å². The first-order chi connectivity index (χ1) is 6.24. The second kappa shape index (κ2) is 3.46. The molecule has 3 atom stereocenters. The van der Waals surface area contributed by atoms with Crippen molar-refractivity contribution in [3.05, 3.63) is 0 Å². The van der Waals surface area contributed by atoms with E-state index in [1.807, 2.05) is 11.8 Å². The Bertz CT molecular complexity index is 208. The highest BCUT2D eigenvalue weighted by molar-refractivity contribution is 6.30. The van der Waals surface area contributed by atoms with Crippen molar-refractivity contribution in [1.82, 2.24) is 4.90 Å². The summed E-state index contributed by atoms with van der Waals surface area (Å²) < 4.78 is 5.29. The van der Waals surface area contributed by atoms with Crippen LogP contribution in [0.5, 0.6) is 0 Å². The molecule has 13 heavy (non-hydrogen) atoms. The summed E-state index contributed by atoms with van der Waals surface area (Å²) in [6.07, 6.45) is 1.80. The molecule has 0 aliphatic carbocycles. The molecule has 0 N–H and O–H groups in total. The van der Waals surface area contributed by atoms with Crippen LogP contribution in [0.15, 0.2) is 0 Å². The van der Waals surface area contributed by atoms with Crippen LogP contribution in [0.3, 0.4) is 0 Å². The van der Waals surface area contributed by atoms with Crippen molar-refractivity contribution in [1.29, 1.82) is 0 Å². The lowest BCUT2D eigenvalue weighted by Crippen LogP contribution is -2.66. The Morgan fingerprint density at radius 1 is 1.62 bits per heavy atom. The van der Waals surface area contributed by atoms with Gasteiger partial charge in [0.15, 0.2) is 0 Å². The predicted octanol–water partition coefficient (Wildman–Crippen LogP) is 1.00. The summed E-state index contributed by atoms with van der Waals surface area (Å²) in [5.41, 5.74) is 0. The van der Waals surface area contributed by atoms with Crippen LogP contribution in [-0.4, -0.2) is 41.5 Å². The first-order valence-corrected chi connectivity index (χ1v) is 5.21. The zero-order chi connectivity index (χ0) is 9.42. The molecule has 1 amide bonds. The van der Waals surface area contributed by atoms with Crippen molar-refractivity contribution in [3.8, 4) is 0 Å². The van der Waals surface area contributed by atoms with E-state index in [2.05, 4.69) is 0 Å². The molecule has 0 aromatic heterocycles. The number of hydrogen-bond acceptors (Lipinski definition) is 2. The molecule has 0 aromatic carbocycles. The van der Waals surface area contributed by atoms with Crippen molar-refractivity contribution in [3.63, 3.8) is 0 Å². The average Bonchev–Trinajstić information content (AvgIpc) is 2.17. The molecule has 3 heterocycles. The van der Waals surface area contributed by atoms with Gasteiger partial charge in [-0.3, -0.25) is 4.79 Å². The van der Waals surface area contributed by atoms with Gasteiger partial charge in [0.25, 0.3) is 0 Å². The average molecular weight is 204 g/mol. The number of halogens is 1. The first kappa shape index (κ1) is 9.28. The number of hydrogen-bond donors (Lipinski definition) is 0. The fourth-order valence-electron chi connectivity index (χ4n) is 2.03. The van der Waals surface area contributed by atoms with Crippen molar-refractivity contribution in [2.24, 2.45) is 0 Å². The molecule has 3 nitrogen and oxygen atoms in total. The van der Waals surface area contributed by atoms with Gasteiger partial charge in [0.2, 0.25) is 5.91 Å². The second-order valence-corrected chi connectivity index (χ2v) is 4.23. The number of alkyl halides is 1. The maximum Gasteiger partial charge on any atom is 0.241 e. The van der Waals surface area contributed by atoms with Crippen LogP contribution >= 0.6 is 11.6 Å². The Hall–Kier alpha value is -0.280. The number of amides is 1. The minimum atomic E-state index is -0.344. The summed E-state index contributed by atoms with van der Waals surface area (Å²) >= 11 is 5.90. The van der Waals surface area contributed by atoms with E-state index in [0.29, 0.717) is 31.7 Å². The summed E-state index contributed by atoms with van der Waals surface area (Å²) in [7, 11) is 0. The van der Waals surface area contributed by atoms with Crippen molar-refractivity contribution >= 4 is 17.5 Å². The molecule has 2 bridgehead atoms. The molecule has 0 radical (unpaired) electrons. The van der Waals surface area contributed by atoms with Crippen LogP contribution in [0.4, 0.5) is 0 Å². The first-order valence-electron chi connectivity index (χ1n) is 4.78. The molecular weight excluding hydrogens is 190 g/mol. The maximum absolute atomic E-state index is 11.7. The van der Waals surface area contributed by atoms with Crippen LogP contribution < -0.4 is 0 Å². The van der Waals surface area contributed by atoms with Crippen LogP contribution in [-0.2, 0) is 9.53 Å². The minimum Gasteiger partial charge on any atom is -0.377 e. The third-order valence-corrected chi connectivity index (χ3v) is 3.33. The van der Waals surface area contributed by atoms with Gasteiger partial charge < -0.3 is 9.64 Å². The number of carbonyl (C=O) groups is 1. The normalized spacial score (nSPS) is 33.8. The predicted molar refractivity (Wildman–Crippen MR) is 49.8 cm³/mol. The van der Waals surface area contributed by atoms with E-state index in [1.54, 1.807) is 0 Å². The van der Waals surface area contributed by atoms with Crippen LogP contribution in [0.1, 0.15) is 19.8 Å². The molecule has 3 saturated heterocycles. The van der Waals surface area contributed by atoms with E-state index >= 15 is 0 Å². The van der Waals surface area contributed by atoms with E-state index < -0.39 is 0 Å². The summed E-state index contributed by atoms with van der Waals surface area (Å²) in [6, 6.07) is 0.609. The zero-order valence-corrected chi connectivity index (χ0v) is 8.46. The number of nitrogens with zero attached hydrogens (tertiary/aromatic N) is 1. The van der Waals surface area contributed by atoms with Gasteiger partial charge in [0.05, 0.1) is 25.3 Å². The van der Waals surface area contributed by atoms with Gasteiger partial charge in [0.1, 0.15) is 5.38 Å². The lowest BCUT2D eigenvalue weighted by molar-refractivity contribution is -0.167. The molecular formula is C9H14ClNO2. The molecule has 3 aliphatic heterocycles. The Morgan fingerprint density at radius 3 is 2.69 bits per heavy atom. The molecule has 3 fully saturated rings. The summed E-state index contributed by atoms with van der Waals surface area (Å²) in [4.78, 5) is 13.6. The molecule has 0 spiro atoms. The highest BCUT2D eigenvalue weighted by Crippen LogP contribution is 2.32. The Morgan fingerprint density at radius 2 is 2.23 bits per heavy atom. The molecule has 0 saturated carbocycles. The van der Waals surface area contributed by atoms with Crippen molar-refractivity contribution in [2.75, 3.05) is 13.2 Å². The molecule has 3 aliphatic rings. The van der Waals surface area contributed by atoms with E-state index in [9.17, 15) is 4.79 Å². The molecule has 4 heteroatoms. The number of fused-ring (bicyclic) bond motifs is 2. The monoisotopic (exact) mass is 203 g/mol. The van der Waals surface area contributed by atoms with Crippen LogP contribution in [0, 0.1) is 0 Å². The van der Waals surface area contributed by atoms with Gasteiger partial charge in [-0.15, -0.1) is 11.6 Å². The minimum absolute atomic E-state index is 0.0914. The smallest absolute Gasteiger partial charge is 0.241 e. The lowest BCUT2D eigenvalue weighted by atomic mass is 9.91. The van der Waals surface area contributed by atoms with E-state index in [4.69, 9.17) is 16.3 Å². The number of ether oxygens (including phenoxy) is 1. The Balaban J connectivity index is 1.98. The summed E-state index contributed by atoms with van der Waals surface area (Å²) in [5, 5.41) is -0.344. The fourth-order valence-corrected chi connectivity index (χ4v) is 2.15. The van der Waals surface area contributed by atoms with Crippen LogP contribution in [0.25, 0.3) is 0 Å². The van der Waals surface area contributed by atoms with Crippen molar-refractivity contribution < 1.29 is 9.53 Å². The van der Waals surface area contributed by atoms with Crippen LogP contribution in [0.2, 0.25) is 0 Å². The standard InChI is InChI=1S/C9H14ClNO2/c1-2-8(10)9(12)11-6-3-7(11)5-13-4-6/h6-8H,2-5H2,1H3. The van der Waals surface area contributed by atoms with Crippen molar-refractivity contribution in [2.45, 2.75) is 37.2 Å². The van der Waals surface area contributed by atoms with Gasteiger partial charge >= 0.3 is 0 Å². The third-order valence-electron chi connectivity index (χ3n) is 2.83. The molecule has 0 aromatic rings. The van der Waals surface area contributed by atoms with E-state index in [-0.39, 0.29) is 11.3 Å². The van der Waals surface area contributed by atoms with Gasteiger partial charge in [0, 0.05) is 0 Å². The summed E-state index contributed by atoms with van der Waals surface area (Å²) in [6.45, 7) is 3.31. The van der Waals surface area contributed by atoms with E-state index in [1.165, 1.54) is 0 Å². The second-order valence-electron chi connectivity index (χ2n) is 3.70. The number of rotatable bonds is 2. The lowest BCUT2D eigenvalue weighted by Gasteiger charge is -2.52. The molecule has 74 valence electrons. The molecule has 3 unspecified atom stereocenters. The van der Waals surface area contributed by atoms with Gasteiger partial charge in [-0.2, -0.15) is 0 Å². The molecule has 3 rings (SSSR count). The largest absolute Gasteiger partial charge is 0.377 e. The van der Waals surface area contributed by atoms with E-state index in [0.717, 1.165) is 6.42 Å². The maximum atomic E-state index is 11.7. The summed E-state index contributed by atoms with van der Waals surface area (Å²) in [5.74, 6) is 0.0914. The Kier molecular flexibility index (Phi) is 2.47. The number of carbonyl (C=O) groups excluding carboxylic acids is 1. The quantitative estimate of drug-likeness (QED) is 0.627. The SMILES string of the molecule is CCC(Cl)C(=O)N1C2COCC1C2. The highest BCUT2D eigenvalue weighted by Gasteiger charge is 2.46. The zero-order valence-electron chi connectivity index (χ0n) is 7.70. The highest BCUT2D eigenvalue weighted by atomic mass is 35.5. The third kappa shape index (κ3) is 1.44. The number of morpholine rings is 1. The van der Waals surface area contributed by atoms with Gasteiger partial charge in [-0.05, 0) is 12.8 Å².